The van der Waals surface area contributed by atoms with Crippen LogP contribution < -0.4 is 4.18 Å². The standard InChI is InChI=1S/C20H14ClNO3S/c21-19-12-18(17-7-2-1-3-8-17)9-10-20(19)25-26(23,24)14-16-6-4-5-15(11-16)13-22/h1-12H,14H2. The summed E-state index contributed by atoms with van der Waals surface area (Å²) in [5.74, 6) is -0.276. The van der Waals surface area contributed by atoms with Gasteiger partial charge in [-0.15, -0.1) is 0 Å². The Bertz CT molecular complexity index is 1070. The van der Waals surface area contributed by atoms with Crippen molar-refractivity contribution in [2.45, 2.75) is 5.75 Å². The highest BCUT2D eigenvalue weighted by Crippen LogP contribution is 2.31. The lowest BCUT2D eigenvalue weighted by Gasteiger charge is -2.10. The van der Waals surface area contributed by atoms with Gasteiger partial charge in [-0.3, -0.25) is 0 Å². The lowest BCUT2D eigenvalue weighted by Crippen LogP contribution is -2.12. The van der Waals surface area contributed by atoms with Crippen LogP contribution in [-0.2, 0) is 15.9 Å². The minimum atomic E-state index is -3.91. The Hall–Kier alpha value is -2.81. The van der Waals surface area contributed by atoms with E-state index in [4.69, 9.17) is 21.0 Å². The van der Waals surface area contributed by atoms with Crippen LogP contribution in [0.2, 0.25) is 5.02 Å². The number of benzene rings is 3. The zero-order chi connectivity index (χ0) is 18.6. The van der Waals surface area contributed by atoms with Crippen LogP contribution in [-0.4, -0.2) is 8.42 Å². The molecule has 3 aromatic carbocycles. The van der Waals surface area contributed by atoms with E-state index in [1.165, 1.54) is 12.1 Å². The molecule has 0 heterocycles. The number of nitrogens with zero attached hydrogens (tertiary/aromatic N) is 1. The van der Waals surface area contributed by atoms with E-state index in [9.17, 15) is 8.42 Å². The summed E-state index contributed by atoms with van der Waals surface area (Å²) in [7, 11) is -3.91. The Kier molecular flexibility index (Phi) is 5.27. The highest BCUT2D eigenvalue weighted by molar-refractivity contribution is 7.86. The number of halogens is 1. The molecule has 0 amide bonds. The van der Waals surface area contributed by atoms with Crippen LogP contribution in [0.4, 0.5) is 0 Å². The summed E-state index contributed by atoms with van der Waals surface area (Å²) in [4.78, 5) is 0. The quantitative estimate of drug-likeness (QED) is 0.594. The van der Waals surface area contributed by atoms with Crippen molar-refractivity contribution in [1.82, 2.24) is 0 Å². The van der Waals surface area contributed by atoms with Crippen molar-refractivity contribution in [3.8, 4) is 22.9 Å². The summed E-state index contributed by atoms with van der Waals surface area (Å²) in [6.07, 6.45) is 0. The second kappa shape index (κ2) is 7.61. The molecule has 0 spiro atoms. The number of hydrogen-bond donors (Lipinski definition) is 0. The molecule has 0 unspecified atom stereocenters. The maximum atomic E-state index is 12.3. The zero-order valence-electron chi connectivity index (χ0n) is 13.6. The summed E-state index contributed by atoms with van der Waals surface area (Å²) in [6.45, 7) is 0. The van der Waals surface area contributed by atoms with Gasteiger partial charge in [0.2, 0.25) is 0 Å². The normalized spacial score (nSPS) is 10.9. The van der Waals surface area contributed by atoms with Crippen molar-refractivity contribution in [2.75, 3.05) is 0 Å². The largest absolute Gasteiger partial charge is 0.381 e. The summed E-state index contributed by atoms with van der Waals surface area (Å²) in [5.41, 5.74) is 2.70. The molecule has 0 aliphatic carbocycles. The molecule has 0 aliphatic rings. The van der Waals surface area contributed by atoms with Gasteiger partial charge in [0.25, 0.3) is 0 Å². The molecule has 0 aromatic heterocycles. The van der Waals surface area contributed by atoms with E-state index in [1.54, 1.807) is 30.3 Å². The van der Waals surface area contributed by atoms with Crippen LogP contribution in [0.15, 0.2) is 72.8 Å². The van der Waals surface area contributed by atoms with Gasteiger partial charge in [-0.05, 0) is 41.0 Å². The summed E-state index contributed by atoms with van der Waals surface area (Å²) in [5, 5.41) is 9.11. The van der Waals surface area contributed by atoms with Crippen LogP contribution in [0.3, 0.4) is 0 Å². The molecule has 4 nitrogen and oxygen atoms in total. The van der Waals surface area contributed by atoms with Crippen LogP contribution in [0.5, 0.6) is 5.75 Å². The predicted octanol–water partition coefficient (Wildman–Crippen LogP) is 4.79. The molecule has 0 aliphatic heterocycles. The van der Waals surface area contributed by atoms with E-state index < -0.39 is 10.1 Å². The monoisotopic (exact) mass is 383 g/mol. The predicted molar refractivity (Wildman–Crippen MR) is 101 cm³/mol. The number of nitriles is 1. The molecule has 6 heteroatoms. The van der Waals surface area contributed by atoms with Gasteiger partial charge in [0.1, 0.15) is 5.75 Å². The second-order valence-corrected chi connectivity index (χ2v) is 7.59. The Balaban J connectivity index is 1.80. The van der Waals surface area contributed by atoms with Crippen molar-refractivity contribution >= 4 is 21.7 Å². The van der Waals surface area contributed by atoms with Gasteiger partial charge in [0.15, 0.2) is 5.75 Å². The molecule has 0 bridgehead atoms. The lowest BCUT2D eigenvalue weighted by molar-refractivity contribution is 0.485. The minimum Gasteiger partial charge on any atom is -0.381 e. The van der Waals surface area contributed by atoms with Crippen molar-refractivity contribution in [3.63, 3.8) is 0 Å². The summed E-state index contributed by atoms with van der Waals surface area (Å²) >= 11 is 6.20. The highest BCUT2D eigenvalue weighted by Gasteiger charge is 2.17. The van der Waals surface area contributed by atoms with Crippen molar-refractivity contribution in [2.24, 2.45) is 0 Å². The molecule has 0 saturated heterocycles. The minimum absolute atomic E-state index is 0.0720. The van der Waals surface area contributed by atoms with Crippen molar-refractivity contribution < 1.29 is 12.6 Å². The number of hydrogen-bond acceptors (Lipinski definition) is 4. The Morgan fingerprint density at radius 3 is 2.38 bits per heavy atom. The van der Waals surface area contributed by atoms with Gasteiger partial charge in [-0.1, -0.05) is 60.1 Å². The van der Waals surface area contributed by atoms with E-state index in [0.29, 0.717) is 11.1 Å². The van der Waals surface area contributed by atoms with Gasteiger partial charge in [-0.2, -0.15) is 13.7 Å². The fourth-order valence-corrected chi connectivity index (χ4v) is 3.81. The fourth-order valence-electron chi connectivity index (χ4n) is 2.48. The Morgan fingerprint density at radius 1 is 0.923 bits per heavy atom. The van der Waals surface area contributed by atoms with Gasteiger partial charge in [0, 0.05) is 0 Å². The lowest BCUT2D eigenvalue weighted by atomic mass is 10.1. The Labute approximate surface area is 157 Å². The molecule has 0 saturated carbocycles. The van der Waals surface area contributed by atoms with Gasteiger partial charge in [-0.25, -0.2) is 0 Å². The smallest absolute Gasteiger partial charge is 0.313 e. The molecule has 0 fully saturated rings. The zero-order valence-corrected chi connectivity index (χ0v) is 15.2. The SMILES string of the molecule is N#Cc1cccc(CS(=O)(=O)Oc2ccc(-c3ccccc3)cc2Cl)c1. The molecule has 0 atom stereocenters. The molecule has 0 N–H and O–H groups in total. The second-order valence-electron chi connectivity index (χ2n) is 5.61. The third kappa shape index (κ3) is 4.42. The van der Waals surface area contributed by atoms with Crippen LogP contribution in [0, 0.1) is 11.3 Å². The maximum absolute atomic E-state index is 12.3. The summed E-state index contributed by atoms with van der Waals surface area (Å²) < 4.78 is 29.8. The molecule has 130 valence electrons. The average molecular weight is 384 g/mol. The third-order valence-electron chi connectivity index (χ3n) is 3.66. The first-order valence-corrected chi connectivity index (χ1v) is 9.68. The van der Waals surface area contributed by atoms with Crippen LogP contribution in [0.1, 0.15) is 11.1 Å². The van der Waals surface area contributed by atoms with E-state index in [2.05, 4.69) is 0 Å². The first-order valence-electron chi connectivity index (χ1n) is 7.73. The van der Waals surface area contributed by atoms with Gasteiger partial charge >= 0.3 is 10.1 Å². The Morgan fingerprint density at radius 2 is 1.69 bits per heavy atom. The fraction of sp³-hybridized carbons (Fsp3) is 0.0500. The molecular formula is C20H14ClNO3S. The van der Waals surface area contributed by atoms with Crippen molar-refractivity contribution in [1.29, 1.82) is 5.26 Å². The van der Waals surface area contributed by atoms with E-state index in [-0.39, 0.29) is 16.5 Å². The first-order chi connectivity index (χ1) is 12.5. The number of rotatable bonds is 5. The molecule has 3 rings (SSSR count). The molecular weight excluding hydrogens is 370 g/mol. The van der Waals surface area contributed by atoms with E-state index in [1.807, 2.05) is 36.4 Å². The summed E-state index contributed by atoms with van der Waals surface area (Å²) in [6, 6.07) is 22.9. The van der Waals surface area contributed by atoms with Crippen LogP contribution in [0.25, 0.3) is 11.1 Å². The van der Waals surface area contributed by atoms with E-state index in [0.717, 1.165) is 11.1 Å². The maximum Gasteiger partial charge on any atom is 0.313 e. The van der Waals surface area contributed by atoms with E-state index >= 15 is 0 Å². The molecule has 26 heavy (non-hydrogen) atoms. The topological polar surface area (TPSA) is 67.2 Å². The highest BCUT2D eigenvalue weighted by atomic mass is 35.5. The molecule has 0 radical (unpaired) electrons. The van der Waals surface area contributed by atoms with Crippen molar-refractivity contribution in [3.05, 3.63) is 88.9 Å². The van der Waals surface area contributed by atoms with Gasteiger partial charge in [0.05, 0.1) is 16.7 Å². The van der Waals surface area contributed by atoms with Crippen LogP contribution >= 0.6 is 11.6 Å². The molecule has 3 aromatic rings. The third-order valence-corrected chi connectivity index (χ3v) is 5.07. The first kappa shape index (κ1) is 18.0. The van der Waals surface area contributed by atoms with Gasteiger partial charge < -0.3 is 4.18 Å². The average Bonchev–Trinajstić information content (AvgIpc) is 2.63.